The van der Waals surface area contributed by atoms with Crippen molar-refractivity contribution in [1.82, 2.24) is 5.43 Å². The lowest BCUT2D eigenvalue weighted by molar-refractivity contribution is -0.119. The molecule has 27 heavy (non-hydrogen) atoms. The van der Waals surface area contributed by atoms with Crippen molar-refractivity contribution in [2.45, 2.75) is 0 Å². The van der Waals surface area contributed by atoms with Gasteiger partial charge in [-0.1, -0.05) is 11.6 Å². The Morgan fingerprint density at radius 3 is 2.63 bits per heavy atom. The van der Waals surface area contributed by atoms with Gasteiger partial charge in [-0.3, -0.25) is 9.10 Å². The number of nitrogens with one attached hydrogen (secondary N) is 1. The highest BCUT2D eigenvalue weighted by Crippen LogP contribution is 2.31. The Kier molecular flexibility index (Phi) is 5.52. The Labute approximate surface area is 161 Å². The molecule has 142 valence electrons. The number of fused-ring (bicyclic) bond motifs is 1. The SMILES string of the molecule is CS(=O)(=O)N(CC(=O)N/N=C\c1ccc2c(c1)OCO2)c1ccc(Cl)cc1. The van der Waals surface area contributed by atoms with E-state index < -0.39 is 22.5 Å². The summed E-state index contributed by atoms with van der Waals surface area (Å²) < 4.78 is 35.5. The van der Waals surface area contributed by atoms with Crippen LogP contribution in [0.4, 0.5) is 5.69 Å². The predicted molar refractivity (Wildman–Crippen MR) is 102 cm³/mol. The van der Waals surface area contributed by atoms with Crippen LogP contribution < -0.4 is 19.2 Å². The van der Waals surface area contributed by atoms with Crippen LogP contribution in [-0.4, -0.2) is 40.1 Å². The Morgan fingerprint density at radius 1 is 1.22 bits per heavy atom. The standard InChI is InChI=1S/C17H16ClN3O5S/c1-27(23,24)21(14-5-3-13(18)4-6-14)10-17(22)20-19-9-12-2-7-15-16(8-12)26-11-25-15/h2-9H,10-11H2,1H3,(H,20,22)/b19-9-. The van der Waals surface area contributed by atoms with Crippen LogP contribution in [0.1, 0.15) is 5.56 Å². The molecule has 0 unspecified atom stereocenters. The molecule has 0 radical (unpaired) electrons. The fourth-order valence-corrected chi connectivity index (χ4v) is 3.33. The lowest BCUT2D eigenvalue weighted by Crippen LogP contribution is -2.38. The number of rotatable bonds is 6. The molecule has 3 rings (SSSR count). The van der Waals surface area contributed by atoms with Gasteiger partial charge in [-0.05, 0) is 48.0 Å². The number of amides is 1. The molecular formula is C17H16ClN3O5S. The summed E-state index contributed by atoms with van der Waals surface area (Å²) in [7, 11) is -3.66. The maximum Gasteiger partial charge on any atom is 0.260 e. The summed E-state index contributed by atoms with van der Waals surface area (Å²) in [5.74, 6) is 0.645. The van der Waals surface area contributed by atoms with Gasteiger partial charge in [0, 0.05) is 5.02 Å². The van der Waals surface area contributed by atoms with Gasteiger partial charge in [0.25, 0.3) is 5.91 Å². The second kappa shape index (κ2) is 7.85. The van der Waals surface area contributed by atoms with Gasteiger partial charge in [0.15, 0.2) is 11.5 Å². The first-order valence-electron chi connectivity index (χ1n) is 7.78. The Balaban J connectivity index is 1.65. The molecule has 2 aromatic rings. The van der Waals surface area contributed by atoms with E-state index in [4.69, 9.17) is 21.1 Å². The number of carbonyl (C=O) groups is 1. The van der Waals surface area contributed by atoms with E-state index in [2.05, 4.69) is 10.5 Å². The maximum absolute atomic E-state index is 12.1. The molecule has 0 fully saturated rings. The van der Waals surface area contributed by atoms with E-state index in [1.54, 1.807) is 30.3 Å². The molecule has 1 aliphatic heterocycles. The fraction of sp³-hybridized carbons (Fsp3) is 0.176. The summed E-state index contributed by atoms with van der Waals surface area (Å²) in [6, 6.07) is 11.3. The molecule has 0 aromatic heterocycles. The van der Waals surface area contributed by atoms with Crippen molar-refractivity contribution in [1.29, 1.82) is 0 Å². The van der Waals surface area contributed by atoms with E-state index >= 15 is 0 Å². The number of benzene rings is 2. The number of hydrazone groups is 1. The van der Waals surface area contributed by atoms with Crippen LogP contribution >= 0.6 is 11.6 Å². The van der Waals surface area contributed by atoms with E-state index in [0.717, 1.165) is 10.6 Å². The average Bonchev–Trinajstić information content (AvgIpc) is 3.07. The van der Waals surface area contributed by atoms with Crippen molar-refractivity contribution < 1.29 is 22.7 Å². The van der Waals surface area contributed by atoms with Crippen molar-refractivity contribution in [2.75, 3.05) is 23.9 Å². The van der Waals surface area contributed by atoms with Crippen LogP contribution in [0.2, 0.25) is 5.02 Å². The molecular weight excluding hydrogens is 394 g/mol. The second-order valence-corrected chi connectivity index (χ2v) is 8.00. The molecule has 1 aliphatic rings. The monoisotopic (exact) mass is 409 g/mol. The van der Waals surface area contributed by atoms with Gasteiger partial charge < -0.3 is 9.47 Å². The molecule has 8 nitrogen and oxygen atoms in total. The third-order valence-corrected chi connectivity index (χ3v) is 4.99. The highest BCUT2D eigenvalue weighted by Gasteiger charge is 2.20. The minimum absolute atomic E-state index is 0.165. The predicted octanol–water partition coefficient (Wildman–Crippen LogP) is 1.99. The van der Waals surface area contributed by atoms with Gasteiger partial charge in [-0.2, -0.15) is 5.10 Å². The molecule has 0 saturated carbocycles. The normalized spacial score (nSPS) is 13.0. The number of hydrogen-bond donors (Lipinski definition) is 1. The minimum Gasteiger partial charge on any atom is -0.454 e. The lowest BCUT2D eigenvalue weighted by atomic mass is 10.2. The van der Waals surface area contributed by atoms with Gasteiger partial charge in [-0.15, -0.1) is 0 Å². The number of sulfonamides is 1. The first-order valence-corrected chi connectivity index (χ1v) is 10.0. The van der Waals surface area contributed by atoms with Crippen molar-refractivity contribution in [3.05, 3.63) is 53.1 Å². The van der Waals surface area contributed by atoms with Gasteiger partial charge in [0.05, 0.1) is 18.2 Å². The van der Waals surface area contributed by atoms with E-state index in [0.29, 0.717) is 27.8 Å². The zero-order chi connectivity index (χ0) is 19.4. The molecule has 1 N–H and O–H groups in total. The zero-order valence-electron chi connectivity index (χ0n) is 14.3. The van der Waals surface area contributed by atoms with Crippen LogP contribution in [-0.2, 0) is 14.8 Å². The van der Waals surface area contributed by atoms with Crippen LogP contribution in [0, 0.1) is 0 Å². The number of carbonyl (C=O) groups excluding carboxylic acids is 1. The second-order valence-electron chi connectivity index (χ2n) is 5.65. The summed E-state index contributed by atoms with van der Waals surface area (Å²) in [6.45, 7) is -0.252. The van der Waals surface area contributed by atoms with E-state index in [1.807, 2.05) is 0 Å². The number of anilines is 1. The lowest BCUT2D eigenvalue weighted by Gasteiger charge is -2.21. The number of hydrogen-bond acceptors (Lipinski definition) is 6. The minimum atomic E-state index is -3.66. The van der Waals surface area contributed by atoms with Crippen LogP contribution in [0.25, 0.3) is 0 Å². The van der Waals surface area contributed by atoms with Gasteiger partial charge in [0.2, 0.25) is 16.8 Å². The van der Waals surface area contributed by atoms with E-state index in [9.17, 15) is 13.2 Å². The smallest absolute Gasteiger partial charge is 0.260 e. The Hall–Kier alpha value is -2.78. The topological polar surface area (TPSA) is 97.3 Å². The highest BCUT2D eigenvalue weighted by atomic mass is 35.5. The molecule has 0 aliphatic carbocycles. The first-order chi connectivity index (χ1) is 12.8. The van der Waals surface area contributed by atoms with E-state index in [1.165, 1.54) is 18.3 Å². The fourth-order valence-electron chi connectivity index (χ4n) is 2.35. The van der Waals surface area contributed by atoms with Gasteiger partial charge in [0.1, 0.15) is 6.54 Å². The van der Waals surface area contributed by atoms with Crippen LogP contribution in [0.5, 0.6) is 11.5 Å². The van der Waals surface area contributed by atoms with Gasteiger partial charge in [-0.25, -0.2) is 13.8 Å². The van der Waals surface area contributed by atoms with Crippen molar-refractivity contribution in [3.8, 4) is 11.5 Å². The van der Waals surface area contributed by atoms with E-state index in [-0.39, 0.29) is 6.79 Å². The molecule has 0 bridgehead atoms. The Morgan fingerprint density at radius 2 is 1.93 bits per heavy atom. The molecule has 2 aromatic carbocycles. The molecule has 10 heteroatoms. The molecule has 0 saturated heterocycles. The number of nitrogens with zero attached hydrogens (tertiary/aromatic N) is 2. The van der Waals surface area contributed by atoms with Crippen molar-refractivity contribution in [3.63, 3.8) is 0 Å². The number of halogens is 1. The molecule has 0 atom stereocenters. The number of ether oxygens (including phenoxy) is 2. The van der Waals surface area contributed by atoms with Gasteiger partial charge >= 0.3 is 0 Å². The summed E-state index contributed by atoms with van der Waals surface area (Å²) >= 11 is 5.82. The molecule has 0 spiro atoms. The summed E-state index contributed by atoms with van der Waals surface area (Å²) in [5.41, 5.74) is 3.33. The third-order valence-electron chi connectivity index (χ3n) is 3.60. The molecule has 1 heterocycles. The Bertz CT molecular complexity index is 977. The van der Waals surface area contributed by atoms with Crippen molar-refractivity contribution >= 4 is 39.4 Å². The highest BCUT2D eigenvalue weighted by molar-refractivity contribution is 7.92. The quantitative estimate of drug-likeness (QED) is 0.581. The average molecular weight is 410 g/mol. The summed E-state index contributed by atoms with van der Waals surface area (Å²) in [6.07, 6.45) is 2.44. The van der Waals surface area contributed by atoms with Crippen LogP contribution in [0.15, 0.2) is 47.6 Å². The third kappa shape index (κ3) is 4.89. The van der Waals surface area contributed by atoms with Crippen molar-refractivity contribution in [2.24, 2.45) is 5.10 Å². The zero-order valence-corrected chi connectivity index (χ0v) is 15.8. The first kappa shape index (κ1) is 19.0. The largest absolute Gasteiger partial charge is 0.454 e. The maximum atomic E-state index is 12.1. The van der Waals surface area contributed by atoms with Crippen LogP contribution in [0.3, 0.4) is 0 Å². The summed E-state index contributed by atoms with van der Waals surface area (Å²) in [4.78, 5) is 12.1. The summed E-state index contributed by atoms with van der Waals surface area (Å²) in [5, 5.41) is 4.31. The molecule has 1 amide bonds.